The SMILES string of the molecule is O=[N+]([O-])N1N(I)N=C(c2ccccc2)[N+]1(c1ccccc1)c1ccccc1. The van der Waals surface area contributed by atoms with Gasteiger partial charge in [0.2, 0.25) is 5.03 Å². The molecule has 1 aliphatic rings. The molecule has 0 bridgehead atoms. The van der Waals surface area contributed by atoms with Crippen molar-refractivity contribution in [1.82, 2.24) is 13.2 Å². The second-order valence-corrected chi connectivity index (χ2v) is 6.71. The normalized spacial score (nSPS) is 15.5. The minimum atomic E-state index is -0.439. The van der Waals surface area contributed by atoms with Gasteiger partial charge in [0.05, 0.1) is 5.56 Å². The molecule has 0 atom stereocenters. The van der Waals surface area contributed by atoms with Crippen molar-refractivity contribution in [2.45, 2.75) is 0 Å². The van der Waals surface area contributed by atoms with Crippen molar-refractivity contribution in [1.29, 1.82) is 0 Å². The number of hydrogen-bond donors (Lipinski definition) is 0. The molecule has 1 aliphatic heterocycles. The summed E-state index contributed by atoms with van der Waals surface area (Å²) in [6, 6.07) is 28.3. The van der Waals surface area contributed by atoms with Crippen LogP contribution in [0.3, 0.4) is 0 Å². The highest BCUT2D eigenvalue weighted by molar-refractivity contribution is 14.1. The van der Waals surface area contributed by atoms with E-state index >= 15 is 0 Å². The van der Waals surface area contributed by atoms with E-state index in [-0.39, 0.29) is 4.59 Å². The molecule has 0 aromatic heterocycles. The molecule has 3 aromatic rings. The lowest BCUT2D eigenvalue weighted by Gasteiger charge is -2.32. The topological polar surface area (TPSA) is 62.0 Å². The Balaban J connectivity index is 2.09. The maximum Gasteiger partial charge on any atom is 0.296 e. The molecule has 0 aliphatic carbocycles. The van der Waals surface area contributed by atoms with Gasteiger partial charge in [-0.1, -0.05) is 59.7 Å². The number of hydrazone groups is 1. The fraction of sp³-hybridized carbons (Fsp3) is 0. The Morgan fingerprint density at radius 1 is 0.815 bits per heavy atom. The molecule has 0 unspecified atom stereocenters. The number of hydrazine groups is 2. The largest absolute Gasteiger partial charge is 0.296 e. The van der Waals surface area contributed by atoms with Crippen molar-refractivity contribution in [3.8, 4) is 0 Å². The zero-order chi connectivity index (χ0) is 18.9. The van der Waals surface area contributed by atoms with Crippen molar-refractivity contribution in [3.63, 3.8) is 0 Å². The van der Waals surface area contributed by atoms with E-state index in [2.05, 4.69) is 5.10 Å². The first-order valence-electron chi connectivity index (χ1n) is 8.21. The van der Waals surface area contributed by atoms with Crippen LogP contribution in [-0.2, 0) is 0 Å². The van der Waals surface area contributed by atoms with E-state index in [0.717, 1.165) is 10.8 Å². The second-order valence-electron chi connectivity index (χ2n) is 5.84. The standard InChI is InChI=1S/C19H15IN5O2/c20-22-21-19(16-10-4-1-5-11-16)25(23(22)24(26)27,17-12-6-2-7-13-17)18-14-8-3-9-15-18/h1-15H/q+1. The van der Waals surface area contributed by atoms with Crippen molar-refractivity contribution < 1.29 is 5.03 Å². The predicted octanol–water partition coefficient (Wildman–Crippen LogP) is 4.68. The molecule has 0 saturated heterocycles. The number of nitrogens with zero attached hydrogens (tertiary/aromatic N) is 5. The third-order valence-electron chi connectivity index (χ3n) is 4.34. The van der Waals surface area contributed by atoms with Crippen LogP contribution in [0, 0.1) is 10.1 Å². The van der Waals surface area contributed by atoms with E-state index in [4.69, 9.17) is 0 Å². The van der Waals surface area contributed by atoms with Gasteiger partial charge >= 0.3 is 0 Å². The number of nitro groups is 1. The molecule has 134 valence electrons. The summed E-state index contributed by atoms with van der Waals surface area (Å²) in [7, 11) is 0. The van der Waals surface area contributed by atoms with Crippen molar-refractivity contribution in [3.05, 3.63) is 107 Å². The van der Waals surface area contributed by atoms with E-state index in [1.54, 1.807) is 0 Å². The molecule has 7 nitrogen and oxygen atoms in total. The van der Waals surface area contributed by atoms with Crippen LogP contribution in [0.4, 0.5) is 11.4 Å². The number of rotatable bonds is 4. The van der Waals surface area contributed by atoms with Crippen LogP contribution in [0.2, 0.25) is 0 Å². The molecule has 8 heteroatoms. The molecule has 0 fully saturated rings. The molecule has 3 aromatic carbocycles. The Labute approximate surface area is 169 Å². The molecule has 0 spiro atoms. The van der Waals surface area contributed by atoms with E-state index in [1.807, 2.05) is 114 Å². The van der Waals surface area contributed by atoms with Crippen molar-refractivity contribution in [2.75, 3.05) is 0 Å². The summed E-state index contributed by atoms with van der Waals surface area (Å²) in [5, 5.41) is 17.3. The van der Waals surface area contributed by atoms with Crippen molar-refractivity contribution >= 4 is 40.1 Å². The van der Waals surface area contributed by atoms with Gasteiger partial charge < -0.3 is 0 Å². The lowest BCUT2D eigenvalue weighted by atomic mass is 10.1. The molecule has 0 amide bonds. The van der Waals surface area contributed by atoms with Gasteiger partial charge in [0.1, 0.15) is 22.9 Å². The summed E-state index contributed by atoms with van der Waals surface area (Å²) in [6.45, 7) is 0. The Bertz CT molecular complexity index is 943. The fourth-order valence-corrected chi connectivity index (χ4v) is 3.92. The van der Waals surface area contributed by atoms with Crippen LogP contribution in [0.25, 0.3) is 0 Å². The minimum Gasteiger partial charge on any atom is -0.229 e. The minimum absolute atomic E-state index is 0.276. The zero-order valence-corrected chi connectivity index (χ0v) is 16.2. The molecular formula is C19H15IN5O2+. The van der Waals surface area contributed by atoms with Crippen molar-refractivity contribution in [2.24, 2.45) is 5.10 Å². The van der Waals surface area contributed by atoms with Gasteiger partial charge in [0.15, 0.2) is 16.6 Å². The molecule has 1 heterocycles. The highest BCUT2D eigenvalue weighted by Crippen LogP contribution is 2.44. The molecule has 0 radical (unpaired) electrons. The average molecular weight is 472 g/mol. The smallest absolute Gasteiger partial charge is 0.229 e. The van der Waals surface area contributed by atoms with Gasteiger partial charge in [0.25, 0.3) is 5.84 Å². The van der Waals surface area contributed by atoms with E-state index in [9.17, 15) is 10.1 Å². The van der Waals surface area contributed by atoms with Crippen LogP contribution in [0.15, 0.2) is 96.1 Å². The zero-order valence-electron chi connectivity index (χ0n) is 14.1. The van der Waals surface area contributed by atoms with Gasteiger partial charge in [-0.2, -0.15) is 0 Å². The highest BCUT2D eigenvalue weighted by Gasteiger charge is 2.61. The molecule has 0 saturated carbocycles. The number of para-hydroxylation sites is 2. The van der Waals surface area contributed by atoms with Crippen LogP contribution in [-0.4, -0.2) is 19.4 Å². The average Bonchev–Trinajstić information content (AvgIpc) is 3.04. The molecule has 4 rings (SSSR count). The summed E-state index contributed by atoms with van der Waals surface area (Å²) in [6.07, 6.45) is 0. The van der Waals surface area contributed by atoms with E-state index in [0.29, 0.717) is 17.2 Å². The first-order valence-corrected chi connectivity index (χ1v) is 9.18. The van der Waals surface area contributed by atoms with Crippen LogP contribution < -0.4 is 4.59 Å². The highest BCUT2D eigenvalue weighted by atomic mass is 127. The summed E-state index contributed by atoms with van der Waals surface area (Å²) < 4.78 is 0.974. The predicted molar refractivity (Wildman–Crippen MR) is 112 cm³/mol. The van der Waals surface area contributed by atoms with E-state index in [1.165, 1.54) is 3.33 Å². The second kappa shape index (κ2) is 6.97. The van der Waals surface area contributed by atoms with E-state index < -0.39 is 5.03 Å². The third kappa shape index (κ3) is 2.73. The monoisotopic (exact) mass is 472 g/mol. The maximum atomic E-state index is 12.1. The van der Waals surface area contributed by atoms with Gasteiger partial charge in [-0.3, -0.25) is 0 Å². The van der Waals surface area contributed by atoms with Crippen LogP contribution in [0.5, 0.6) is 0 Å². The number of halogens is 1. The maximum absolute atomic E-state index is 12.1. The van der Waals surface area contributed by atoms with Gasteiger partial charge in [-0.25, -0.2) is 10.1 Å². The molecule has 27 heavy (non-hydrogen) atoms. The quantitative estimate of drug-likeness (QED) is 0.182. The Morgan fingerprint density at radius 3 is 1.70 bits per heavy atom. The number of quaternary nitrogens is 1. The molecular weight excluding hydrogens is 457 g/mol. The number of hydrogen-bond acceptors (Lipinski definition) is 4. The first-order chi connectivity index (χ1) is 13.2. The third-order valence-corrected chi connectivity index (χ3v) is 4.94. The lowest BCUT2D eigenvalue weighted by molar-refractivity contribution is -0.712. The summed E-state index contributed by atoms with van der Waals surface area (Å²) in [5.41, 5.74) is 2.22. The summed E-state index contributed by atoms with van der Waals surface area (Å²) in [5.74, 6) is 0.541. The fourth-order valence-electron chi connectivity index (χ4n) is 3.27. The number of benzene rings is 3. The Morgan fingerprint density at radius 2 is 1.26 bits per heavy atom. The van der Waals surface area contributed by atoms with Gasteiger partial charge in [-0.15, -0.1) is 0 Å². The summed E-state index contributed by atoms with van der Waals surface area (Å²) >= 11 is 1.84. The Kier molecular flexibility index (Phi) is 4.50. The van der Waals surface area contributed by atoms with Crippen LogP contribution in [0.1, 0.15) is 5.56 Å². The van der Waals surface area contributed by atoms with Crippen LogP contribution >= 0.6 is 22.9 Å². The molecule has 0 N–H and O–H groups in total. The Hall–Kier alpha value is -2.98. The lowest BCUT2D eigenvalue weighted by Crippen LogP contribution is -2.62. The summed E-state index contributed by atoms with van der Waals surface area (Å²) in [4.78, 5) is 12.1. The van der Waals surface area contributed by atoms with Gasteiger partial charge in [0, 0.05) is 24.3 Å². The number of amidine groups is 1. The first kappa shape index (κ1) is 17.4. The van der Waals surface area contributed by atoms with Gasteiger partial charge in [-0.05, 0) is 20.1 Å².